The number of hydrogen-bond donors (Lipinski definition) is 3. The van der Waals surface area contributed by atoms with Gasteiger partial charge in [-0.25, -0.2) is 4.79 Å². The Hall–Kier alpha value is -2.21. The summed E-state index contributed by atoms with van der Waals surface area (Å²) in [7, 11) is 1.64. The van der Waals surface area contributed by atoms with E-state index in [1.54, 1.807) is 7.11 Å². The van der Waals surface area contributed by atoms with Gasteiger partial charge in [-0.15, -0.1) is 0 Å². The van der Waals surface area contributed by atoms with E-state index < -0.39 is 0 Å². The molecule has 25 heavy (non-hydrogen) atoms. The van der Waals surface area contributed by atoms with E-state index in [1.807, 2.05) is 32.0 Å². The monoisotopic (exact) mass is 346 g/mol. The first kappa shape index (κ1) is 17.6. The summed E-state index contributed by atoms with van der Waals surface area (Å²) in [5.41, 5.74) is 1.78. The van der Waals surface area contributed by atoms with Gasteiger partial charge in [0, 0.05) is 17.0 Å². The number of aliphatic hydroxyl groups excluding tert-OH is 1. The minimum atomic E-state index is -0.243. The molecule has 1 atom stereocenters. The van der Waals surface area contributed by atoms with Gasteiger partial charge >= 0.3 is 6.03 Å². The van der Waals surface area contributed by atoms with Crippen molar-refractivity contribution >= 4 is 17.0 Å². The van der Waals surface area contributed by atoms with Gasteiger partial charge in [0.25, 0.3) is 0 Å². The van der Waals surface area contributed by atoms with Gasteiger partial charge in [0.05, 0.1) is 19.3 Å². The smallest absolute Gasteiger partial charge is 0.315 e. The Morgan fingerprint density at radius 3 is 2.72 bits per heavy atom. The molecule has 3 N–H and O–H groups in total. The SMILES string of the molecule is COc1ccc2oc([C@H](C)NC(=O)NC3CCC(O)CC3)c(C)c2c1. The molecule has 6 nitrogen and oxygen atoms in total. The first-order chi connectivity index (χ1) is 12.0. The van der Waals surface area contributed by atoms with Crippen LogP contribution in [0.25, 0.3) is 11.0 Å². The highest BCUT2D eigenvalue weighted by atomic mass is 16.5. The van der Waals surface area contributed by atoms with Crippen LogP contribution in [-0.4, -0.2) is 30.4 Å². The number of rotatable bonds is 4. The van der Waals surface area contributed by atoms with E-state index in [9.17, 15) is 9.90 Å². The number of ether oxygens (including phenoxy) is 1. The van der Waals surface area contributed by atoms with E-state index in [4.69, 9.17) is 9.15 Å². The maximum atomic E-state index is 12.3. The van der Waals surface area contributed by atoms with Gasteiger partial charge in [0.2, 0.25) is 0 Å². The minimum Gasteiger partial charge on any atom is -0.497 e. The topological polar surface area (TPSA) is 83.7 Å². The summed E-state index contributed by atoms with van der Waals surface area (Å²) >= 11 is 0. The van der Waals surface area contributed by atoms with E-state index in [0.717, 1.165) is 53.7 Å². The zero-order chi connectivity index (χ0) is 18.0. The largest absolute Gasteiger partial charge is 0.497 e. The Labute approximate surface area is 147 Å². The molecule has 136 valence electrons. The third-order valence-electron chi connectivity index (χ3n) is 4.95. The second kappa shape index (κ2) is 7.35. The molecule has 1 fully saturated rings. The first-order valence-corrected chi connectivity index (χ1v) is 8.80. The summed E-state index contributed by atoms with van der Waals surface area (Å²) in [5.74, 6) is 1.53. The molecule has 6 heteroatoms. The van der Waals surface area contributed by atoms with Crippen molar-refractivity contribution in [1.29, 1.82) is 0 Å². The Balaban J connectivity index is 1.66. The molecule has 1 aromatic carbocycles. The molecule has 1 aliphatic carbocycles. The van der Waals surface area contributed by atoms with Crippen LogP contribution in [0.1, 0.15) is 50.0 Å². The van der Waals surface area contributed by atoms with Crippen molar-refractivity contribution < 1.29 is 19.1 Å². The molecule has 1 saturated carbocycles. The predicted octanol–water partition coefficient (Wildman–Crippen LogP) is 3.41. The molecule has 2 aromatic rings. The number of nitrogens with one attached hydrogen (secondary N) is 2. The molecule has 0 spiro atoms. The highest BCUT2D eigenvalue weighted by molar-refractivity contribution is 5.84. The molecule has 0 bridgehead atoms. The fourth-order valence-corrected chi connectivity index (χ4v) is 3.47. The van der Waals surface area contributed by atoms with E-state index in [-0.39, 0.29) is 24.2 Å². The number of carbonyl (C=O) groups excluding carboxylic acids is 1. The van der Waals surface area contributed by atoms with Gasteiger partial charge in [-0.3, -0.25) is 0 Å². The van der Waals surface area contributed by atoms with E-state index in [0.29, 0.717) is 0 Å². The van der Waals surface area contributed by atoms with Crippen LogP contribution in [0.15, 0.2) is 22.6 Å². The van der Waals surface area contributed by atoms with Crippen molar-refractivity contribution in [2.24, 2.45) is 0 Å². The Morgan fingerprint density at radius 1 is 1.32 bits per heavy atom. The number of furan rings is 1. The maximum absolute atomic E-state index is 12.3. The number of methoxy groups -OCH3 is 1. The van der Waals surface area contributed by atoms with Crippen LogP contribution >= 0.6 is 0 Å². The minimum absolute atomic E-state index is 0.122. The maximum Gasteiger partial charge on any atom is 0.315 e. The Kier molecular flexibility index (Phi) is 5.18. The number of carbonyl (C=O) groups is 1. The van der Waals surface area contributed by atoms with Crippen LogP contribution < -0.4 is 15.4 Å². The molecule has 0 saturated heterocycles. The van der Waals surface area contributed by atoms with Gasteiger partial charge in [-0.05, 0) is 57.7 Å². The lowest BCUT2D eigenvalue weighted by molar-refractivity contribution is 0.117. The zero-order valence-electron chi connectivity index (χ0n) is 15.0. The van der Waals surface area contributed by atoms with Crippen molar-refractivity contribution in [3.05, 3.63) is 29.5 Å². The van der Waals surface area contributed by atoms with Crippen molar-refractivity contribution in [3.8, 4) is 5.75 Å². The lowest BCUT2D eigenvalue weighted by Gasteiger charge is -2.26. The number of aryl methyl sites for hydroxylation is 1. The van der Waals surface area contributed by atoms with Crippen LogP contribution in [0.2, 0.25) is 0 Å². The van der Waals surface area contributed by atoms with E-state index in [1.165, 1.54) is 0 Å². The van der Waals surface area contributed by atoms with Crippen molar-refractivity contribution in [2.45, 2.75) is 57.7 Å². The van der Waals surface area contributed by atoms with Crippen LogP contribution in [0.4, 0.5) is 4.79 Å². The summed E-state index contributed by atoms with van der Waals surface area (Å²) < 4.78 is 11.2. The van der Waals surface area contributed by atoms with Gasteiger partial charge in [-0.2, -0.15) is 0 Å². The highest BCUT2D eigenvalue weighted by Gasteiger charge is 2.23. The number of amides is 2. The summed E-state index contributed by atoms with van der Waals surface area (Å²) in [6.45, 7) is 3.89. The van der Waals surface area contributed by atoms with Crippen molar-refractivity contribution in [2.75, 3.05) is 7.11 Å². The predicted molar refractivity (Wildman–Crippen MR) is 95.8 cm³/mol. The number of fused-ring (bicyclic) bond motifs is 1. The van der Waals surface area contributed by atoms with E-state index in [2.05, 4.69) is 10.6 Å². The average Bonchev–Trinajstić information content (AvgIpc) is 2.93. The molecule has 3 rings (SSSR count). The molecule has 0 unspecified atom stereocenters. The molecule has 0 aliphatic heterocycles. The van der Waals surface area contributed by atoms with Gasteiger partial charge in [0.1, 0.15) is 17.1 Å². The lowest BCUT2D eigenvalue weighted by atomic mass is 9.93. The molecular formula is C19H26N2O4. The number of urea groups is 1. The van der Waals surface area contributed by atoms with Crippen molar-refractivity contribution in [3.63, 3.8) is 0 Å². The molecule has 0 radical (unpaired) electrons. The van der Waals surface area contributed by atoms with Crippen molar-refractivity contribution in [1.82, 2.24) is 10.6 Å². The summed E-state index contributed by atoms with van der Waals surface area (Å²) in [5, 5.41) is 16.5. The number of hydrogen-bond acceptors (Lipinski definition) is 4. The molecular weight excluding hydrogens is 320 g/mol. The molecule has 2 amide bonds. The van der Waals surface area contributed by atoms with Crippen LogP contribution in [-0.2, 0) is 0 Å². The molecule has 1 aromatic heterocycles. The fourth-order valence-electron chi connectivity index (χ4n) is 3.47. The normalized spacial score (nSPS) is 21.8. The molecule has 1 aliphatic rings. The third kappa shape index (κ3) is 3.90. The quantitative estimate of drug-likeness (QED) is 0.792. The summed E-state index contributed by atoms with van der Waals surface area (Å²) in [6, 6.07) is 5.36. The second-order valence-corrected chi connectivity index (χ2v) is 6.80. The first-order valence-electron chi connectivity index (χ1n) is 8.80. The fraction of sp³-hybridized carbons (Fsp3) is 0.526. The Bertz CT molecular complexity index is 747. The number of aliphatic hydroxyl groups is 1. The van der Waals surface area contributed by atoms with E-state index >= 15 is 0 Å². The Morgan fingerprint density at radius 2 is 2.04 bits per heavy atom. The zero-order valence-corrected chi connectivity index (χ0v) is 15.0. The standard InChI is InChI=1S/C19H26N2O4/c1-11-16-10-15(24-3)8-9-17(16)25-18(11)12(2)20-19(23)21-13-4-6-14(22)7-5-13/h8-10,12-14,22H,4-7H2,1-3H3,(H2,20,21,23)/t12-,13?,14?/m0/s1. The third-order valence-corrected chi connectivity index (χ3v) is 4.95. The van der Waals surface area contributed by atoms with Crippen LogP contribution in [0, 0.1) is 6.92 Å². The lowest BCUT2D eigenvalue weighted by Crippen LogP contribution is -2.44. The summed E-state index contributed by atoms with van der Waals surface area (Å²) in [4.78, 5) is 12.3. The highest BCUT2D eigenvalue weighted by Crippen LogP contribution is 2.31. The van der Waals surface area contributed by atoms with Crippen LogP contribution in [0.5, 0.6) is 5.75 Å². The average molecular weight is 346 g/mol. The van der Waals surface area contributed by atoms with Gasteiger partial charge in [-0.1, -0.05) is 0 Å². The second-order valence-electron chi connectivity index (χ2n) is 6.80. The van der Waals surface area contributed by atoms with Crippen LogP contribution in [0.3, 0.4) is 0 Å². The van der Waals surface area contributed by atoms with Gasteiger partial charge in [0.15, 0.2) is 0 Å². The van der Waals surface area contributed by atoms with Gasteiger partial charge < -0.3 is 24.9 Å². The number of benzene rings is 1. The molecule has 1 heterocycles. The summed E-state index contributed by atoms with van der Waals surface area (Å²) in [6.07, 6.45) is 2.88.